The Balaban J connectivity index is 1.37. The highest BCUT2D eigenvalue weighted by atomic mass is 19.3. The molecule has 1 amide bonds. The van der Waals surface area contributed by atoms with Crippen molar-refractivity contribution in [1.29, 1.82) is 0 Å². The van der Waals surface area contributed by atoms with Crippen molar-refractivity contribution in [2.24, 2.45) is 5.73 Å². The van der Waals surface area contributed by atoms with Crippen LogP contribution in [0.3, 0.4) is 0 Å². The first-order chi connectivity index (χ1) is 23.1. The number of piperidine rings is 1. The summed E-state index contributed by atoms with van der Waals surface area (Å²) in [6.45, 7) is 0.299. The average Bonchev–Trinajstić information content (AvgIpc) is 3.49. The molecule has 1 aliphatic rings. The number of nitrogens with two attached hydrogens (primary N) is 1. The normalized spacial score (nSPS) is 17.0. The molecule has 4 aromatic heterocycles. The fourth-order valence-corrected chi connectivity index (χ4v) is 5.64. The third kappa shape index (κ3) is 6.54. The molecule has 1 aliphatic heterocycles. The number of carbonyl (C=O) groups is 1. The molecule has 4 N–H and O–H groups in total. The van der Waals surface area contributed by atoms with Crippen molar-refractivity contribution >= 4 is 28.8 Å². The number of halogens is 4. The van der Waals surface area contributed by atoms with Crippen LogP contribution in [-0.4, -0.2) is 79.0 Å². The van der Waals surface area contributed by atoms with Gasteiger partial charge in [-0.1, -0.05) is 6.07 Å². The van der Waals surface area contributed by atoms with Gasteiger partial charge in [-0.2, -0.15) is 0 Å². The van der Waals surface area contributed by atoms with Crippen LogP contribution in [0.1, 0.15) is 18.4 Å². The van der Waals surface area contributed by atoms with Gasteiger partial charge in [-0.3, -0.25) is 10.3 Å². The van der Waals surface area contributed by atoms with Gasteiger partial charge < -0.3 is 29.8 Å². The molecule has 1 saturated heterocycles. The highest BCUT2D eigenvalue weighted by Gasteiger charge is 2.43. The molecular formula is C31H29F4N9O4. The number of nitrogens with zero attached hydrogens (tertiary/aromatic N) is 7. The van der Waals surface area contributed by atoms with E-state index in [-0.39, 0.29) is 53.7 Å². The van der Waals surface area contributed by atoms with Gasteiger partial charge >= 0.3 is 6.09 Å². The number of anilines is 2. The SMILES string of the molecule is COc1cc(F)c(-c2cc(Cn3cnc4c(NC(=O)Oc5ccccn5)ncnc43)c(N3CCC[C@](N)([C@H](O)C(F)F)C3)cn2)cc1F. The van der Waals surface area contributed by atoms with Crippen molar-refractivity contribution in [1.82, 2.24) is 29.5 Å². The Bertz CT molecular complexity index is 1950. The lowest BCUT2D eigenvalue weighted by molar-refractivity contribution is -0.0529. The molecule has 0 aliphatic carbocycles. The molecule has 1 aromatic carbocycles. The molecule has 17 heteroatoms. The number of fused-ring (bicyclic) bond motifs is 1. The van der Waals surface area contributed by atoms with Crippen molar-refractivity contribution in [3.8, 4) is 22.9 Å². The lowest BCUT2D eigenvalue weighted by Gasteiger charge is -2.44. The maximum Gasteiger partial charge on any atom is 0.419 e. The van der Waals surface area contributed by atoms with Crippen LogP contribution in [0.4, 0.5) is 33.9 Å². The van der Waals surface area contributed by atoms with Crippen LogP contribution in [0.5, 0.6) is 11.6 Å². The van der Waals surface area contributed by atoms with Crippen LogP contribution < -0.4 is 25.4 Å². The number of imidazole rings is 1. The first-order valence-electron chi connectivity index (χ1n) is 14.6. The van der Waals surface area contributed by atoms with Crippen molar-refractivity contribution in [3.63, 3.8) is 0 Å². The smallest absolute Gasteiger partial charge is 0.419 e. The summed E-state index contributed by atoms with van der Waals surface area (Å²) in [5, 5.41) is 12.8. The average molecular weight is 668 g/mol. The summed E-state index contributed by atoms with van der Waals surface area (Å²) in [5.41, 5.74) is 6.09. The number of hydrogen-bond donors (Lipinski definition) is 3. The van der Waals surface area contributed by atoms with Crippen molar-refractivity contribution < 1.29 is 36.9 Å². The Labute approximate surface area is 270 Å². The quantitative estimate of drug-likeness (QED) is 0.193. The minimum atomic E-state index is -3.05. The van der Waals surface area contributed by atoms with E-state index in [9.17, 15) is 23.1 Å². The number of aliphatic hydroxyl groups is 1. The second-order valence-electron chi connectivity index (χ2n) is 11.2. The first-order valence-corrected chi connectivity index (χ1v) is 14.6. The van der Waals surface area contributed by atoms with E-state index in [0.717, 1.165) is 12.1 Å². The predicted molar refractivity (Wildman–Crippen MR) is 165 cm³/mol. The molecule has 5 aromatic rings. The van der Waals surface area contributed by atoms with Gasteiger partial charge in [-0.15, -0.1) is 0 Å². The molecule has 48 heavy (non-hydrogen) atoms. The van der Waals surface area contributed by atoms with E-state index in [1.165, 1.54) is 44.3 Å². The molecule has 0 saturated carbocycles. The molecular weight excluding hydrogens is 638 g/mol. The van der Waals surface area contributed by atoms with Crippen molar-refractivity contribution in [2.45, 2.75) is 37.5 Å². The zero-order valence-corrected chi connectivity index (χ0v) is 25.4. The largest absolute Gasteiger partial charge is 0.494 e. The number of amides is 1. The number of nitrogens with one attached hydrogen (secondary N) is 1. The Kier molecular flexibility index (Phi) is 9.05. The van der Waals surface area contributed by atoms with Gasteiger partial charge in [-0.25, -0.2) is 42.3 Å². The van der Waals surface area contributed by atoms with E-state index in [0.29, 0.717) is 29.9 Å². The third-order valence-corrected chi connectivity index (χ3v) is 8.00. The van der Waals surface area contributed by atoms with Crippen LogP contribution >= 0.6 is 0 Å². The van der Waals surface area contributed by atoms with Gasteiger partial charge in [0.1, 0.15) is 18.2 Å². The van der Waals surface area contributed by atoms with Gasteiger partial charge in [0.2, 0.25) is 5.88 Å². The number of alkyl halides is 2. The molecule has 6 rings (SSSR count). The fraction of sp³-hybridized carbons (Fsp3) is 0.290. The number of aromatic nitrogens is 6. The van der Waals surface area contributed by atoms with Gasteiger partial charge in [0.05, 0.1) is 43.1 Å². The fourth-order valence-electron chi connectivity index (χ4n) is 5.64. The number of methoxy groups -OCH3 is 1. The Hall–Kier alpha value is -5.42. The Morgan fingerprint density at radius 1 is 1.12 bits per heavy atom. The van der Waals surface area contributed by atoms with Crippen LogP contribution in [0.2, 0.25) is 0 Å². The van der Waals surface area contributed by atoms with E-state index in [1.54, 1.807) is 21.6 Å². The standard InChI is InChI=1S/C31H29F4N9O4/c1-47-23-11-19(32)18(10-20(23)33)21-9-17(22(12-38-21)43-8-4-6-31(36,14-43)26(45)27(34)35)13-44-16-41-25-28(39-15-40-29(25)44)42-30(46)48-24-5-2-3-7-37-24/h2-3,5,7,9-12,15-16,26-27,45H,4,6,8,13-14,36H2,1H3,(H,39,40,42,46)/t26-,31-/m1/s1. The van der Waals surface area contributed by atoms with E-state index < -0.39 is 35.8 Å². The molecule has 5 heterocycles. The second kappa shape index (κ2) is 13.4. The van der Waals surface area contributed by atoms with E-state index in [4.69, 9.17) is 15.2 Å². The van der Waals surface area contributed by atoms with Gasteiger partial charge in [0, 0.05) is 37.0 Å². The van der Waals surface area contributed by atoms with Gasteiger partial charge in [0.15, 0.2) is 28.5 Å². The molecule has 2 atom stereocenters. The number of benzene rings is 1. The summed E-state index contributed by atoms with van der Waals surface area (Å²) < 4.78 is 68.6. The number of rotatable bonds is 9. The number of hydrogen-bond acceptors (Lipinski definition) is 11. The second-order valence-corrected chi connectivity index (χ2v) is 11.2. The van der Waals surface area contributed by atoms with Gasteiger partial charge in [-0.05, 0) is 36.6 Å². The van der Waals surface area contributed by atoms with Crippen molar-refractivity contribution in [3.05, 3.63) is 78.6 Å². The lowest BCUT2D eigenvalue weighted by Crippen LogP contribution is -2.63. The number of carbonyl (C=O) groups excluding carboxylic acids is 1. The van der Waals surface area contributed by atoms with Crippen molar-refractivity contribution in [2.75, 3.05) is 30.4 Å². The molecule has 0 radical (unpaired) electrons. The summed E-state index contributed by atoms with van der Waals surface area (Å²) in [7, 11) is 1.22. The van der Waals surface area contributed by atoms with E-state index >= 15 is 4.39 Å². The topological polar surface area (TPSA) is 166 Å². The molecule has 0 bridgehead atoms. The predicted octanol–water partition coefficient (Wildman–Crippen LogP) is 4.15. The summed E-state index contributed by atoms with van der Waals surface area (Å²) in [6.07, 6.45) is 0.102. The minimum Gasteiger partial charge on any atom is -0.494 e. The zero-order chi connectivity index (χ0) is 34.0. The monoisotopic (exact) mass is 667 g/mol. The Morgan fingerprint density at radius 2 is 1.96 bits per heavy atom. The highest BCUT2D eigenvalue weighted by Crippen LogP contribution is 2.35. The minimum absolute atomic E-state index is 0.0297. The number of ether oxygens (including phenoxy) is 2. The summed E-state index contributed by atoms with van der Waals surface area (Å²) in [5.74, 6) is -1.75. The van der Waals surface area contributed by atoms with E-state index in [2.05, 4.69) is 30.2 Å². The van der Waals surface area contributed by atoms with Crippen LogP contribution in [0.25, 0.3) is 22.4 Å². The third-order valence-electron chi connectivity index (χ3n) is 8.00. The Morgan fingerprint density at radius 3 is 2.71 bits per heavy atom. The summed E-state index contributed by atoms with van der Waals surface area (Å²) in [6, 6.07) is 8.23. The number of pyridine rings is 2. The molecule has 1 fully saturated rings. The number of aliphatic hydroxyl groups excluding tert-OH is 1. The first kappa shape index (κ1) is 32.5. The summed E-state index contributed by atoms with van der Waals surface area (Å²) >= 11 is 0. The van der Waals surface area contributed by atoms with Gasteiger partial charge in [0.25, 0.3) is 6.43 Å². The van der Waals surface area contributed by atoms with E-state index in [1.807, 2.05) is 0 Å². The lowest BCUT2D eigenvalue weighted by atomic mass is 9.84. The molecule has 0 unspecified atom stereocenters. The summed E-state index contributed by atoms with van der Waals surface area (Å²) in [4.78, 5) is 35.4. The van der Waals surface area contributed by atoms with Crippen LogP contribution in [0, 0.1) is 11.6 Å². The maximum atomic E-state index is 15.1. The molecule has 13 nitrogen and oxygen atoms in total. The molecule has 0 spiro atoms. The van der Waals surface area contributed by atoms with Crippen LogP contribution in [-0.2, 0) is 6.54 Å². The maximum absolute atomic E-state index is 15.1. The highest BCUT2D eigenvalue weighted by molar-refractivity contribution is 5.94. The zero-order valence-electron chi connectivity index (χ0n) is 25.4. The van der Waals surface area contributed by atoms with Crippen LogP contribution in [0.15, 0.2) is 61.4 Å². The molecule has 250 valence electrons.